The Bertz CT molecular complexity index is 356. The van der Waals surface area contributed by atoms with Crippen LogP contribution in [0.2, 0.25) is 15.1 Å². The molecule has 0 atom stereocenters. The first-order valence-electron chi connectivity index (χ1n) is 3.17. The first-order valence-corrected chi connectivity index (χ1v) is 4.30. The van der Waals surface area contributed by atoms with Crippen molar-refractivity contribution >= 4 is 53.2 Å². The second-order valence-corrected chi connectivity index (χ2v) is 3.38. The van der Waals surface area contributed by atoms with E-state index < -0.39 is 6.02 Å². The van der Waals surface area contributed by atoms with Gasteiger partial charge in [0.25, 0.3) is 6.02 Å². The SMILES string of the molecule is Cl.N=C(N)Oc1cc(Cl)c(Cl)cc1Cl. The molecule has 0 saturated carbocycles. The molecule has 0 aliphatic rings. The molecule has 0 heterocycles. The van der Waals surface area contributed by atoms with E-state index in [0.717, 1.165) is 0 Å². The zero-order valence-corrected chi connectivity index (χ0v) is 9.77. The molecule has 0 saturated heterocycles. The van der Waals surface area contributed by atoms with Gasteiger partial charge < -0.3 is 10.5 Å². The van der Waals surface area contributed by atoms with E-state index in [1.807, 2.05) is 0 Å². The van der Waals surface area contributed by atoms with Crippen molar-refractivity contribution in [3.63, 3.8) is 0 Å². The van der Waals surface area contributed by atoms with Gasteiger partial charge in [0.05, 0.1) is 15.1 Å². The Kier molecular flexibility index (Phi) is 5.37. The molecule has 7 heteroatoms. The Morgan fingerprint density at radius 1 is 1.14 bits per heavy atom. The lowest BCUT2D eigenvalue weighted by Gasteiger charge is -2.06. The van der Waals surface area contributed by atoms with Crippen LogP contribution in [0.3, 0.4) is 0 Å². The van der Waals surface area contributed by atoms with Crippen LogP contribution in [0.25, 0.3) is 0 Å². The Hall–Kier alpha value is -0.350. The predicted molar refractivity (Wildman–Crippen MR) is 61.3 cm³/mol. The average Bonchev–Trinajstić information content (AvgIpc) is 1.99. The van der Waals surface area contributed by atoms with Crippen LogP contribution < -0.4 is 10.5 Å². The van der Waals surface area contributed by atoms with Gasteiger partial charge in [-0.2, -0.15) is 0 Å². The second-order valence-electron chi connectivity index (χ2n) is 2.16. The van der Waals surface area contributed by atoms with Crippen molar-refractivity contribution in [2.75, 3.05) is 0 Å². The van der Waals surface area contributed by atoms with Crippen LogP contribution in [-0.4, -0.2) is 6.02 Å². The van der Waals surface area contributed by atoms with Crippen molar-refractivity contribution in [1.82, 2.24) is 0 Å². The van der Waals surface area contributed by atoms with Gasteiger partial charge >= 0.3 is 0 Å². The fourth-order valence-electron chi connectivity index (χ4n) is 0.701. The van der Waals surface area contributed by atoms with E-state index in [0.29, 0.717) is 10.0 Å². The molecule has 0 radical (unpaired) electrons. The summed E-state index contributed by atoms with van der Waals surface area (Å²) in [5.41, 5.74) is 5.01. The average molecular weight is 276 g/mol. The van der Waals surface area contributed by atoms with Gasteiger partial charge in [0, 0.05) is 6.07 Å². The summed E-state index contributed by atoms with van der Waals surface area (Å²) in [6, 6.07) is 2.36. The third-order valence-corrected chi connectivity index (χ3v) is 2.21. The molecule has 1 aromatic carbocycles. The van der Waals surface area contributed by atoms with Crippen molar-refractivity contribution in [3.05, 3.63) is 27.2 Å². The quantitative estimate of drug-likeness (QED) is 0.469. The van der Waals surface area contributed by atoms with Gasteiger partial charge in [-0.1, -0.05) is 34.8 Å². The van der Waals surface area contributed by atoms with Gasteiger partial charge in [-0.25, -0.2) is 0 Å². The highest BCUT2D eigenvalue weighted by molar-refractivity contribution is 6.43. The maximum absolute atomic E-state index is 6.87. The number of nitrogens with one attached hydrogen (secondary N) is 1. The first kappa shape index (κ1) is 13.7. The second kappa shape index (κ2) is 5.51. The standard InChI is InChI=1S/C7H5Cl3N2O.ClH/c8-3-1-5(10)6(2-4(3)9)13-7(11)12;/h1-2H,(H3,11,12);1H. The van der Waals surface area contributed by atoms with Crippen LogP contribution in [0.15, 0.2) is 12.1 Å². The van der Waals surface area contributed by atoms with E-state index >= 15 is 0 Å². The molecule has 1 rings (SSSR count). The number of nitrogens with two attached hydrogens (primary N) is 1. The molecule has 3 nitrogen and oxygen atoms in total. The van der Waals surface area contributed by atoms with E-state index in [4.69, 9.17) is 50.7 Å². The Labute approximate surface area is 102 Å². The molecule has 0 aliphatic heterocycles. The molecule has 0 spiro atoms. The first-order chi connectivity index (χ1) is 6.00. The summed E-state index contributed by atoms with van der Waals surface area (Å²) in [6.07, 6.45) is 0. The van der Waals surface area contributed by atoms with Crippen molar-refractivity contribution in [1.29, 1.82) is 5.41 Å². The van der Waals surface area contributed by atoms with E-state index in [1.165, 1.54) is 12.1 Å². The largest absolute Gasteiger partial charge is 0.425 e. The minimum absolute atomic E-state index is 0. The fraction of sp³-hybridized carbons (Fsp3) is 0. The van der Waals surface area contributed by atoms with Crippen molar-refractivity contribution in [3.8, 4) is 5.75 Å². The van der Waals surface area contributed by atoms with Crippen LogP contribution in [0.5, 0.6) is 5.75 Å². The number of hydrogen-bond donors (Lipinski definition) is 2. The summed E-state index contributed by atoms with van der Waals surface area (Å²) in [5, 5.41) is 7.74. The lowest BCUT2D eigenvalue weighted by molar-refractivity contribution is 0.537. The Morgan fingerprint density at radius 2 is 1.64 bits per heavy atom. The molecule has 14 heavy (non-hydrogen) atoms. The van der Waals surface area contributed by atoms with Crippen LogP contribution in [0.4, 0.5) is 0 Å². The highest BCUT2D eigenvalue weighted by Crippen LogP contribution is 2.33. The minimum Gasteiger partial charge on any atom is -0.425 e. The summed E-state index contributed by atoms with van der Waals surface area (Å²) >= 11 is 17.1. The summed E-state index contributed by atoms with van der Waals surface area (Å²) in [5.74, 6) is 0.212. The molecule has 0 fully saturated rings. The summed E-state index contributed by atoms with van der Waals surface area (Å²) in [7, 11) is 0. The lowest BCUT2D eigenvalue weighted by Crippen LogP contribution is -2.17. The normalized spacial score (nSPS) is 9.07. The smallest absolute Gasteiger partial charge is 0.284 e. The highest BCUT2D eigenvalue weighted by Gasteiger charge is 2.07. The monoisotopic (exact) mass is 274 g/mol. The van der Waals surface area contributed by atoms with Crippen molar-refractivity contribution in [2.24, 2.45) is 5.73 Å². The molecule has 3 N–H and O–H groups in total. The van der Waals surface area contributed by atoms with Gasteiger partial charge in [-0.15, -0.1) is 12.4 Å². The number of amidine groups is 1. The summed E-state index contributed by atoms with van der Waals surface area (Å²) < 4.78 is 4.77. The van der Waals surface area contributed by atoms with Crippen molar-refractivity contribution < 1.29 is 4.74 Å². The Balaban J connectivity index is 0.00000169. The predicted octanol–water partition coefficient (Wildman–Crippen LogP) is 3.34. The van der Waals surface area contributed by atoms with Crippen LogP contribution >= 0.6 is 47.2 Å². The molecule has 1 aromatic rings. The van der Waals surface area contributed by atoms with Gasteiger partial charge in [-0.3, -0.25) is 5.41 Å². The molecule has 78 valence electrons. The zero-order valence-electron chi connectivity index (χ0n) is 6.68. The van der Waals surface area contributed by atoms with E-state index in [9.17, 15) is 0 Å². The number of benzene rings is 1. The number of rotatable bonds is 1. The van der Waals surface area contributed by atoms with E-state index in [-0.39, 0.29) is 23.2 Å². The number of ether oxygens (including phenoxy) is 1. The summed E-state index contributed by atoms with van der Waals surface area (Å²) in [6.45, 7) is 0. The molecule has 0 bridgehead atoms. The molecular weight excluding hydrogens is 270 g/mol. The van der Waals surface area contributed by atoms with E-state index in [2.05, 4.69) is 0 Å². The minimum atomic E-state index is -0.458. The van der Waals surface area contributed by atoms with Gasteiger partial charge in [0.2, 0.25) is 0 Å². The van der Waals surface area contributed by atoms with Crippen molar-refractivity contribution in [2.45, 2.75) is 0 Å². The maximum Gasteiger partial charge on any atom is 0.284 e. The van der Waals surface area contributed by atoms with E-state index in [1.54, 1.807) is 0 Å². The highest BCUT2D eigenvalue weighted by atomic mass is 35.5. The maximum atomic E-state index is 6.87. The van der Waals surface area contributed by atoms with Crippen LogP contribution in [0, 0.1) is 5.41 Å². The Morgan fingerprint density at radius 3 is 2.14 bits per heavy atom. The lowest BCUT2D eigenvalue weighted by atomic mass is 10.3. The van der Waals surface area contributed by atoms with Crippen LogP contribution in [-0.2, 0) is 0 Å². The van der Waals surface area contributed by atoms with Crippen LogP contribution in [0.1, 0.15) is 0 Å². The van der Waals surface area contributed by atoms with Gasteiger partial charge in [0.15, 0.2) is 5.75 Å². The molecule has 0 aromatic heterocycles. The zero-order chi connectivity index (χ0) is 10.0. The van der Waals surface area contributed by atoms with Gasteiger partial charge in [0.1, 0.15) is 0 Å². The third-order valence-electron chi connectivity index (χ3n) is 1.19. The topological polar surface area (TPSA) is 59.1 Å². The third kappa shape index (κ3) is 3.42. The summed E-state index contributed by atoms with van der Waals surface area (Å²) in [4.78, 5) is 0. The molecule has 0 unspecified atom stereocenters. The molecule has 0 amide bonds. The van der Waals surface area contributed by atoms with Gasteiger partial charge in [-0.05, 0) is 6.07 Å². The number of hydrogen-bond acceptors (Lipinski definition) is 2. The number of halogens is 4. The fourth-order valence-corrected chi connectivity index (χ4v) is 1.28. The molecule has 0 aliphatic carbocycles. The molecular formula is C7H6Cl4N2O.